The van der Waals surface area contributed by atoms with Gasteiger partial charge in [-0.25, -0.2) is 9.88 Å². The summed E-state index contributed by atoms with van der Waals surface area (Å²) in [6, 6.07) is 20.3. The Bertz CT molecular complexity index is 1220. The third-order valence-corrected chi connectivity index (χ3v) is 5.57. The quantitative estimate of drug-likeness (QED) is 0.344. The van der Waals surface area contributed by atoms with E-state index in [0.29, 0.717) is 11.5 Å². The number of para-hydroxylation sites is 1. The maximum atomic E-state index is 13.5. The number of carbonyl (C=O) groups excluding carboxylic acids is 2. The van der Waals surface area contributed by atoms with E-state index in [2.05, 4.69) is 4.98 Å². The van der Waals surface area contributed by atoms with Crippen LogP contribution >= 0.6 is 12.2 Å². The topological polar surface area (TPSA) is 56.8 Å². The van der Waals surface area contributed by atoms with E-state index in [0.717, 1.165) is 16.8 Å². The van der Waals surface area contributed by atoms with Crippen LogP contribution in [0, 0.1) is 6.92 Å². The molecule has 4 rings (SSSR count). The number of hydrogen-bond acceptors (Lipinski definition) is 5. The Hall–Kier alpha value is -3.84. The maximum absolute atomic E-state index is 13.5. The summed E-state index contributed by atoms with van der Waals surface area (Å²) in [6.45, 7) is 1.90. The zero-order valence-electron chi connectivity index (χ0n) is 18.0. The lowest BCUT2D eigenvalue weighted by Gasteiger charge is -2.36. The van der Waals surface area contributed by atoms with Crippen molar-refractivity contribution in [3.63, 3.8) is 0 Å². The lowest BCUT2D eigenvalue weighted by molar-refractivity contribution is -0.120. The first-order valence-corrected chi connectivity index (χ1v) is 10.5. The van der Waals surface area contributed by atoms with Crippen LogP contribution in [0.2, 0.25) is 0 Å². The van der Waals surface area contributed by atoms with Crippen molar-refractivity contribution in [2.24, 2.45) is 0 Å². The fraction of sp³-hybridized carbons (Fsp3) is 0.120. The standard InChI is InChI=1S/C25H22N4O2S/c1-17-8-4-5-9-21(17)28-23(30)20(16-18-11-13-19(14-12-18)27(2)3)24(31)29(25(28)32)22-10-6-7-15-26-22/h4-16H,1-3H3/b20-16+. The van der Waals surface area contributed by atoms with Gasteiger partial charge >= 0.3 is 0 Å². The Morgan fingerprint density at radius 1 is 0.875 bits per heavy atom. The predicted molar refractivity (Wildman–Crippen MR) is 132 cm³/mol. The van der Waals surface area contributed by atoms with E-state index in [-0.39, 0.29) is 10.7 Å². The van der Waals surface area contributed by atoms with Gasteiger partial charge in [-0.3, -0.25) is 14.5 Å². The number of carbonyl (C=O) groups is 2. The van der Waals surface area contributed by atoms with Gasteiger partial charge in [-0.2, -0.15) is 0 Å². The van der Waals surface area contributed by atoms with Gasteiger partial charge in [0.2, 0.25) is 0 Å². The second kappa shape index (κ2) is 8.72. The molecule has 0 unspecified atom stereocenters. The predicted octanol–water partition coefficient (Wildman–Crippen LogP) is 4.20. The first-order chi connectivity index (χ1) is 15.4. The van der Waals surface area contributed by atoms with Crippen LogP contribution in [0.15, 0.2) is 78.5 Å². The van der Waals surface area contributed by atoms with Gasteiger partial charge in [-0.1, -0.05) is 36.4 Å². The molecule has 0 aliphatic carbocycles. The van der Waals surface area contributed by atoms with Gasteiger partial charge in [0.15, 0.2) is 5.11 Å². The number of aromatic nitrogens is 1. The molecule has 1 saturated heterocycles. The Morgan fingerprint density at radius 3 is 2.16 bits per heavy atom. The molecular formula is C25H22N4O2S. The molecule has 7 heteroatoms. The maximum Gasteiger partial charge on any atom is 0.271 e. The summed E-state index contributed by atoms with van der Waals surface area (Å²) < 4.78 is 0. The minimum atomic E-state index is -0.500. The molecule has 1 aliphatic heterocycles. The van der Waals surface area contributed by atoms with Crippen LogP contribution < -0.4 is 14.7 Å². The van der Waals surface area contributed by atoms with E-state index in [1.54, 1.807) is 30.5 Å². The monoisotopic (exact) mass is 442 g/mol. The van der Waals surface area contributed by atoms with Crippen molar-refractivity contribution in [3.8, 4) is 0 Å². The molecule has 2 aromatic carbocycles. The zero-order valence-corrected chi connectivity index (χ0v) is 18.8. The molecular weight excluding hydrogens is 420 g/mol. The van der Waals surface area contributed by atoms with E-state index < -0.39 is 11.8 Å². The summed E-state index contributed by atoms with van der Waals surface area (Å²) in [6.07, 6.45) is 3.19. The molecule has 0 bridgehead atoms. The molecule has 1 fully saturated rings. The Morgan fingerprint density at radius 2 is 1.53 bits per heavy atom. The Balaban J connectivity index is 1.85. The molecule has 32 heavy (non-hydrogen) atoms. The van der Waals surface area contributed by atoms with Crippen LogP contribution in [-0.2, 0) is 9.59 Å². The second-order valence-electron chi connectivity index (χ2n) is 7.58. The number of thiocarbonyl (C=S) groups is 1. The lowest BCUT2D eigenvalue weighted by atomic mass is 10.0. The molecule has 0 radical (unpaired) electrons. The molecule has 1 aromatic heterocycles. The van der Waals surface area contributed by atoms with Gasteiger partial charge in [0.05, 0.1) is 5.69 Å². The number of nitrogens with zero attached hydrogens (tertiary/aromatic N) is 4. The van der Waals surface area contributed by atoms with Gasteiger partial charge in [-0.05, 0) is 66.7 Å². The third kappa shape index (κ3) is 3.90. The van der Waals surface area contributed by atoms with Gasteiger partial charge in [0.25, 0.3) is 11.8 Å². The van der Waals surface area contributed by atoms with Gasteiger partial charge < -0.3 is 4.90 Å². The SMILES string of the molecule is Cc1ccccc1N1C(=O)/C(=C\c2ccc(N(C)C)cc2)C(=O)N(c2ccccn2)C1=S. The summed E-state index contributed by atoms with van der Waals surface area (Å²) in [5.74, 6) is -0.596. The number of hydrogen-bond donors (Lipinski definition) is 0. The van der Waals surface area contributed by atoms with E-state index in [1.165, 1.54) is 9.80 Å². The van der Waals surface area contributed by atoms with Crippen LogP contribution in [0.25, 0.3) is 6.08 Å². The highest BCUT2D eigenvalue weighted by Crippen LogP contribution is 2.30. The van der Waals surface area contributed by atoms with E-state index >= 15 is 0 Å². The first-order valence-electron chi connectivity index (χ1n) is 10.1. The van der Waals surface area contributed by atoms with Crippen molar-refractivity contribution in [2.75, 3.05) is 28.8 Å². The number of anilines is 3. The van der Waals surface area contributed by atoms with Crippen molar-refractivity contribution < 1.29 is 9.59 Å². The summed E-state index contributed by atoms with van der Waals surface area (Å²) in [5.41, 5.74) is 3.28. The summed E-state index contributed by atoms with van der Waals surface area (Å²) in [7, 11) is 3.90. The minimum absolute atomic E-state index is 0.0186. The lowest BCUT2D eigenvalue weighted by Crippen LogP contribution is -2.57. The van der Waals surface area contributed by atoms with Crippen molar-refractivity contribution in [2.45, 2.75) is 6.92 Å². The van der Waals surface area contributed by atoms with E-state index in [9.17, 15) is 9.59 Å². The molecule has 160 valence electrons. The highest BCUT2D eigenvalue weighted by Gasteiger charge is 2.42. The number of pyridine rings is 1. The molecule has 0 spiro atoms. The van der Waals surface area contributed by atoms with Gasteiger partial charge in [0.1, 0.15) is 11.4 Å². The molecule has 0 N–H and O–H groups in total. The van der Waals surface area contributed by atoms with Crippen LogP contribution in [0.3, 0.4) is 0 Å². The van der Waals surface area contributed by atoms with E-state index in [4.69, 9.17) is 12.2 Å². The van der Waals surface area contributed by atoms with Crippen LogP contribution in [0.1, 0.15) is 11.1 Å². The minimum Gasteiger partial charge on any atom is -0.378 e. The smallest absolute Gasteiger partial charge is 0.271 e. The van der Waals surface area contributed by atoms with Crippen molar-refractivity contribution >= 4 is 52.4 Å². The molecule has 3 aromatic rings. The van der Waals surface area contributed by atoms with Crippen molar-refractivity contribution in [1.29, 1.82) is 0 Å². The number of amides is 2. The summed E-state index contributed by atoms with van der Waals surface area (Å²) in [4.78, 5) is 36.0. The largest absolute Gasteiger partial charge is 0.378 e. The van der Waals surface area contributed by atoms with Crippen molar-refractivity contribution in [3.05, 3.63) is 89.6 Å². The van der Waals surface area contributed by atoms with Crippen LogP contribution in [0.5, 0.6) is 0 Å². The summed E-state index contributed by atoms with van der Waals surface area (Å²) >= 11 is 5.63. The molecule has 0 saturated carbocycles. The third-order valence-electron chi connectivity index (χ3n) is 5.20. The molecule has 6 nitrogen and oxygen atoms in total. The van der Waals surface area contributed by atoms with E-state index in [1.807, 2.05) is 74.4 Å². The van der Waals surface area contributed by atoms with Gasteiger partial charge in [-0.15, -0.1) is 0 Å². The zero-order chi connectivity index (χ0) is 22.8. The molecule has 1 aliphatic rings. The normalized spacial score (nSPS) is 15.5. The molecule has 2 amide bonds. The number of rotatable bonds is 4. The second-order valence-corrected chi connectivity index (χ2v) is 7.95. The number of benzene rings is 2. The first kappa shape index (κ1) is 21.4. The highest BCUT2D eigenvalue weighted by molar-refractivity contribution is 7.81. The average Bonchev–Trinajstić information content (AvgIpc) is 2.79. The number of aryl methyl sites for hydroxylation is 1. The Kier molecular flexibility index (Phi) is 5.83. The van der Waals surface area contributed by atoms with Gasteiger partial charge in [0, 0.05) is 26.0 Å². The Labute approximate surface area is 192 Å². The fourth-order valence-electron chi connectivity index (χ4n) is 3.48. The summed E-state index contributed by atoms with van der Waals surface area (Å²) in [5, 5.41) is 0.0769. The molecule has 0 atom stereocenters. The highest BCUT2D eigenvalue weighted by atomic mass is 32.1. The van der Waals surface area contributed by atoms with Crippen molar-refractivity contribution in [1.82, 2.24) is 4.98 Å². The van der Waals surface area contributed by atoms with Crippen LogP contribution in [-0.4, -0.2) is 36.0 Å². The van der Waals surface area contributed by atoms with Crippen LogP contribution in [0.4, 0.5) is 17.2 Å². The average molecular weight is 443 g/mol. The fourth-order valence-corrected chi connectivity index (χ4v) is 3.84. The molecule has 2 heterocycles.